The monoisotopic (exact) mass is 483 g/mol. The van der Waals surface area contributed by atoms with Crippen molar-refractivity contribution in [3.63, 3.8) is 0 Å². The first kappa shape index (κ1) is 22.5. The first-order chi connectivity index (χ1) is 17.2. The minimum Gasteiger partial charge on any atom is -0.481 e. The van der Waals surface area contributed by atoms with E-state index in [2.05, 4.69) is 66.7 Å². The molecule has 178 valence electrons. The normalized spacial score (nSPS) is 17.7. The predicted molar refractivity (Wildman–Crippen MR) is 144 cm³/mol. The second-order valence-electron chi connectivity index (χ2n) is 9.74. The van der Waals surface area contributed by atoms with Crippen LogP contribution in [0.15, 0.2) is 83.8 Å². The molecule has 0 amide bonds. The molecular formula is C31H31O3S+. The summed E-state index contributed by atoms with van der Waals surface area (Å²) in [4.78, 5) is 14.5. The van der Waals surface area contributed by atoms with Crippen LogP contribution in [0.2, 0.25) is 0 Å². The molecule has 0 atom stereocenters. The summed E-state index contributed by atoms with van der Waals surface area (Å²) >= 11 is 0. The fourth-order valence-corrected chi connectivity index (χ4v) is 8.25. The molecule has 0 unspecified atom stereocenters. The quantitative estimate of drug-likeness (QED) is 0.216. The van der Waals surface area contributed by atoms with Crippen molar-refractivity contribution in [1.29, 1.82) is 0 Å². The van der Waals surface area contributed by atoms with E-state index in [4.69, 9.17) is 9.47 Å². The average molecular weight is 484 g/mol. The van der Waals surface area contributed by atoms with E-state index >= 15 is 0 Å². The van der Waals surface area contributed by atoms with E-state index in [9.17, 15) is 4.79 Å². The number of hydrogen-bond donors (Lipinski definition) is 0. The number of ether oxygens (including phenoxy) is 2. The zero-order valence-electron chi connectivity index (χ0n) is 20.0. The van der Waals surface area contributed by atoms with E-state index < -0.39 is 5.60 Å². The number of rotatable bonds is 6. The summed E-state index contributed by atoms with van der Waals surface area (Å²) in [5.74, 6) is 3.03. The highest BCUT2D eigenvalue weighted by Crippen LogP contribution is 2.43. The van der Waals surface area contributed by atoms with Crippen LogP contribution in [0.1, 0.15) is 44.1 Å². The molecule has 1 heterocycles. The largest absolute Gasteiger partial charge is 0.481 e. The summed E-state index contributed by atoms with van der Waals surface area (Å²) in [6, 6.07) is 27.5. The van der Waals surface area contributed by atoms with E-state index in [1.807, 2.05) is 12.1 Å². The van der Waals surface area contributed by atoms with Crippen molar-refractivity contribution in [2.45, 2.75) is 49.0 Å². The molecule has 4 aromatic rings. The van der Waals surface area contributed by atoms with Gasteiger partial charge in [-0.05, 0) is 79.1 Å². The molecule has 4 aromatic carbocycles. The van der Waals surface area contributed by atoms with Gasteiger partial charge in [0.1, 0.15) is 22.9 Å². The summed E-state index contributed by atoms with van der Waals surface area (Å²) in [5, 5.41) is 4.72. The number of hydrogen-bond acceptors (Lipinski definition) is 3. The van der Waals surface area contributed by atoms with Crippen LogP contribution in [0.3, 0.4) is 0 Å². The second kappa shape index (κ2) is 9.58. The lowest BCUT2D eigenvalue weighted by atomic mass is 9.90. The Hall–Kier alpha value is -2.98. The summed E-state index contributed by atoms with van der Waals surface area (Å²) in [6.45, 7) is -0.0790. The topological polar surface area (TPSA) is 35.5 Å². The summed E-state index contributed by atoms with van der Waals surface area (Å²) in [5.41, 5.74) is 0.536. The maximum absolute atomic E-state index is 13.1. The third-order valence-electron chi connectivity index (χ3n) is 7.53. The Kier molecular flexibility index (Phi) is 6.15. The summed E-state index contributed by atoms with van der Waals surface area (Å²) < 4.78 is 12.3. The zero-order chi connectivity index (χ0) is 23.7. The Balaban J connectivity index is 1.21. The zero-order valence-corrected chi connectivity index (χ0v) is 20.8. The smallest absolute Gasteiger partial charge is 0.345 e. The van der Waals surface area contributed by atoms with Gasteiger partial charge in [0.2, 0.25) is 0 Å². The van der Waals surface area contributed by atoms with E-state index in [1.165, 1.54) is 45.4 Å². The Morgan fingerprint density at radius 2 is 1.49 bits per heavy atom. The molecule has 0 radical (unpaired) electrons. The fraction of sp³-hybridized carbons (Fsp3) is 0.323. The highest BCUT2D eigenvalue weighted by Gasteiger charge is 2.39. The van der Waals surface area contributed by atoms with Crippen molar-refractivity contribution in [2.24, 2.45) is 0 Å². The molecule has 0 N–H and O–H groups in total. The number of carbonyl (C=O) groups is 1. The van der Waals surface area contributed by atoms with Gasteiger partial charge < -0.3 is 9.47 Å². The van der Waals surface area contributed by atoms with Crippen LogP contribution in [-0.4, -0.2) is 24.1 Å². The van der Waals surface area contributed by atoms with Crippen LogP contribution >= 0.6 is 0 Å². The predicted octanol–water partition coefficient (Wildman–Crippen LogP) is 7.16. The third-order valence-corrected chi connectivity index (χ3v) is 10.1. The van der Waals surface area contributed by atoms with Crippen molar-refractivity contribution in [3.8, 4) is 5.75 Å². The molecule has 1 saturated heterocycles. The van der Waals surface area contributed by atoms with Crippen LogP contribution < -0.4 is 4.74 Å². The Morgan fingerprint density at radius 3 is 2.29 bits per heavy atom. The van der Waals surface area contributed by atoms with Gasteiger partial charge in [-0.15, -0.1) is 0 Å². The Morgan fingerprint density at radius 1 is 0.771 bits per heavy atom. The summed E-state index contributed by atoms with van der Waals surface area (Å²) in [6.07, 6.45) is 6.49. The SMILES string of the molecule is O=C(COc1ccc([S+]2CCCC2)c2ccccc12)OC1(c2ccc3ccccc3c2)CCCC1. The van der Waals surface area contributed by atoms with Crippen LogP contribution in [0.4, 0.5) is 0 Å². The van der Waals surface area contributed by atoms with Crippen LogP contribution in [-0.2, 0) is 26.0 Å². The molecule has 3 nitrogen and oxygen atoms in total. The molecule has 1 aliphatic carbocycles. The van der Waals surface area contributed by atoms with Gasteiger partial charge in [-0.25, -0.2) is 4.79 Å². The molecule has 1 saturated carbocycles. The minimum atomic E-state index is -0.556. The molecule has 6 rings (SSSR count). The third kappa shape index (κ3) is 4.40. The van der Waals surface area contributed by atoms with Gasteiger partial charge in [0.05, 0.1) is 0 Å². The van der Waals surface area contributed by atoms with E-state index in [0.29, 0.717) is 10.9 Å². The maximum Gasteiger partial charge on any atom is 0.345 e. The lowest BCUT2D eigenvalue weighted by Crippen LogP contribution is -2.31. The van der Waals surface area contributed by atoms with Gasteiger partial charge in [0.15, 0.2) is 11.5 Å². The van der Waals surface area contributed by atoms with Crippen molar-refractivity contribution in [3.05, 3.63) is 84.4 Å². The number of fused-ring (bicyclic) bond motifs is 2. The van der Waals surface area contributed by atoms with Crippen molar-refractivity contribution in [2.75, 3.05) is 18.1 Å². The Bertz CT molecular complexity index is 1370. The molecule has 1 aliphatic heterocycles. The van der Waals surface area contributed by atoms with Crippen molar-refractivity contribution in [1.82, 2.24) is 0 Å². The maximum atomic E-state index is 13.1. The standard InChI is InChI=1S/C31H31O3S/c32-30(34-31(17-5-6-18-31)25-14-13-23-9-1-2-10-24(23)21-25)22-33-28-15-16-29(35-19-7-8-20-35)27-12-4-3-11-26(27)28/h1-4,9-16,21H,5-8,17-20,22H2/q+1. The average Bonchev–Trinajstić information content (AvgIpc) is 3.60. The molecule has 0 aromatic heterocycles. The highest BCUT2D eigenvalue weighted by molar-refractivity contribution is 7.97. The van der Waals surface area contributed by atoms with E-state index in [-0.39, 0.29) is 12.6 Å². The molecule has 0 spiro atoms. The second-order valence-corrected chi connectivity index (χ2v) is 12.0. The Labute approximate surface area is 209 Å². The van der Waals surface area contributed by atoms with Gasteiger partial charge in [-0.3, -0.25) is 0 Å². The van der Waals surface area contributed by atoms with Gasteiger partial charge >= 0.3 is 5.97 Å². The molecule has 2 fully saturated rings. The number of carbonyl (C=O) groups excluding carboxylic acids is 1. The fourth-order valence-electron chi connectivity index (χ4n) is 5.75. The van der Waals surface area contributed by atoms with Crippen LogP contribution in [0, 0.1) is 0 Å². The molecule has 0 bridgehead atoms. The summed E-state index contributed by atoms with van der Waals surface area (Å²) in [7, 11) is 0.326. The lowest BCUT2D eigenvalue weighted by Gasteiger charge is -2.30. The molecule has 35 heavy (non-hydrogen) atoms. The van der Waals surface area contributed by atoms with Crippen LogP contribution in [0.5, 0.6) is 5.75 Å². The van der Waals surface area contributed by atoms with Crippen molar-refractivity contribution < 1.29 is 14.3 Å². The van der Waals surface area contributed by atoms with Gasteiger partial charge in [0.25, 0.3) is 0 Å². The van der Waals surface area contributed by atoms with Crippen molar-refractivity contribution >= 4 is 38.4 Å². The lowest BCUT2D eigenvalue weighted by molar-refractivity contribution is -0.163. The highest BCUT2D eigenvalue weighted by atomic mass is 32.2. The molecule has 4 heteroatoms. The van der Waals surface area contributed by atoms with Gasteiger partial charge in [0, 0.05) is 21.7 Å². The molecular weight excluding hydrogens is 452 g/mol. The first-order valence-corrected chi connectivity index (χ1v) is 14.3. The molecule has 2 aliphatic rings. The van der Waals surface area contributed by atoms with E-state index in [0.717, 1.165) is 42.4 Å². The van der Waals surface area contributed by atoms with Gasteiger partial charge in [-0.2, -0.15) is 0 Å². The number of benzene rings is 4. The van der Waals surface area contributed by atoms with Crippen LogP contribution in [0.25, 0.3) is 21.5 Å². The van der Waals surface area contributed by atoms with E-state index in [1.54, 1.807) is 0 Å². The minimum absolute atomic E-state index is 0.0790. The van der Waals surface area contributed by atoms with Gasteiger partial charge in [-0.1, -0.05) is 54.6 Å². The first-order valence-electron chi connectivity index (χ1n) is 12.8. The number of esters is 1.